The van der Waals surface area contributed by atoms with Crippen LogP contribution in [0.25, 0.3) is 10.9 Å². The van der Waals surface area contributed by atoms with Crippen LogP contribution in [0.2, 0.25) is 0 Å². The molecule has 8 nitrogen and oxygen atoms in total. The van der Waals surface area contributed by atoms with Gasteiger partial charge in [0.1, 0.15) is 18.3 Å². The average Bonchev–Trinajstić information content (AvgIpc) is 3.52. The van der Waals surface area contributed by atoms with Gasteiger partial charge in [-0.2, -0.15) is 0 Å². The van der Waals surface area contributed by atoms with E-state index >= 15 is 0 Å². The van der Waals surface area contributed by atoms with Crippen LogP contribution >= 0.6 is 15.9 Å². The molecule has 0 radical (unpaired) electrons. The second kappa shape index (κ2) is 7.72. The van der Waals surface area contributed by atoms with E-state index < -0.39 is 41.1 Å². The number of methoxy groups -OCH3 is 1. The summed E-state index contributed by atoms with van der Waals surface area (Å²) in [5.74, 6) is -1.81. The normalized spacial score (nSPS) is 33.0. The number of amides is 1. The molecule has 3 aromatic rings. The quantitative estimate of drug-likeness (QED) is 0.481. The summed E-state index contributed by atoms with van der Waals surface area (Å²) in [4.78, 5) is 31.8. The zero-order valence-electron chi connectivity index (χ0n) is 19.5. The summed E-state index contributed by atoms with van der Waals surface area (Å²) < 4.78 is 25.1. The summed E-state index contributed by atoms with van der Waals surface area (Å²) in [5.41, 5.74) is -1.24. The van der Waals surface area contributed by atoms with Crippen molar-refractivity contribution in [1.82, 2.24) is 10.3 Å². The van der Waals surface area contributed by atoms with Crippen molar-refractivity contribution in [2.45, 2.75) is 49.1 Å². The van der Waals surface area contributed by atoms with E-state index in [1.807, 2.05) is 30.3 Å². The van der Waals surface area contributed by atoms with E-state index in [0.717, 1.165) is 10.9 Å². The number of H-pyrrole nitrogens is 1. The molecule has 182 valence electrons. The van der Waals surface area contributed by atoms with E-state index in [9.17, 15) is 9.59 Å². The van der Waals surface area contributed by atoms with Crippen LogP contribution in [-0.4, -0.2) is 60.1 Å². The number of rotatable bonds is 5. The van der Waals surface area contributed by atoms with Gasteiger partial charge < -0.3 is 29.2 Å². The van der Waals surface area contributed by atoms with E-state index in [-0.39, 0.29) is 12.4 Å². The number of Topliss-reactive ketones (excluding diaryl/α,β-unsaturated/α-hetero) is 1. The lowest BCUT2D eigenvalue weighted by Gasteiger charge is -2.35. The van der Waals surface area contributed by atoms with Crippen molar-refractivity contribution in [3.63, 3.8) is 0 Å². The van der Waals surface area contributed by atoms with Crippen molar-refractivity contribution in [3.05, 3.63) is 70.3 Å². The molecule has 5 atom stereocenters. The molecule has 0 bridgehead atoms. The van der Waals surface area contributed by atoms with Gasteiger partial charge in [-0.25, -0.2) is 0 Å². The number of aromatic nitrogens is 1. The Morgan fingerprint density at radius 1 is 1.14 bits per heavy atom. The second-order valence-electron chi connectivity index (χ2n) is 9.66. The highest BCUT2D eigenvalue weighted by Crippen LogP contribution is 2.57. The van der Waals surface area contributed by atoms with Gasteiger partial charge in [0.2, 0.25) is 5.60 Å². The summed E-state index contributed by atoms with van der Waals surface area (Å²) in [6.45, 7) is 3.70. The maximum Gasteiger partial charge on any atom is 0.259 e. The Morgan fingerprint density at radius 2 is 1.89 bits per heavy atom. The van der Waals surface area contributed by atoms with E-state index in [0.29, 0.717) is 15.6 Å². The van der Waals surface area contributed by atoms with Crippen molar-refractivity contribution in [2.75, 3.05) is 13.7 Å². The number of hydrogen-bond donors (Lipinski definition) is 2. The molecule has 0 unspecified atom stereocenters. The van der Waals surface area contributed by atoms with Gasteiger partial charge in [0, 0.05) is 39.8 Å². The highest BCUT2D eigenvalue weighted by atomic mass is 79.9. The van der Waals surface area contributed by atoms with Gasteiger partial charge >= 0.3 is 0 Å². The Balaban J connectivity index is 1.63. The molecule has 3 aliphatic heterocycles. The topological polar surface area (TPSA) is 98.9 Å². The molecule has 3 fully saturated rings. The largest absolute Gasteiger partial charge is 0.382 e. The number of para-hydroxylation sites is 1. The minimum absolute atomic E-state index is 0.183. The van der Waals surface area contributed by atoms with Gasteiger partial charge in [-0.15, -0.1) is 0 Å². The molecular formula is C26H25BrN2O6. The van der Waals surface area contributed by atoms with Crippen LogP contribution in [0.4, 0.5) is 0 Å². The first-order chi connectivity index (χ1) is 16.7. The molecule has 3 saturated heterocycles. The first-order valence-corrected chi connectivity index (χ1v) is 12.2. The Hall–Kier alpha value is -2.56. The first-order valence-electron chi connectivity index (χ1n) is 11.5. The molecule has 35 heavy (non-hydrogen) atoms. The SMILES string of the molecule is COC[C@@H]1O[C@H]2[C@]3(OC(C)(C)O[C@@H]13)C(=O)N[C@]2(C(=O)c1ccccc1Br)c1c[nH]c2ccccc12. The summed E-state index contributed by atoms with van der Waals surface area (Å²) in [6, 6.07) is 14.8. The van der Waals surface area contributed by atoms with Crippen molar-refractivity contribution in [2.24, 2.45) is 0 Å². The summed E-state index contributed by atoms with van der Waals surface area (Å²) >= 11 is 3.52. The van der Waals surface area contributed by atoms with Crippen molar-refractivity contribution in [1.29, 1.82) is 0 Å². The van der Waals surface area contributed by atoms with E-state index in [1.54, 1.807) is 45.4 Å². The molecule has 1 amide bonds. The lowest BCUT2D eigenvalue weighted by Crippen LogP contribution is -2.55. The zero-order valence-corrected chi connectivity index (χ0v) is 21.0. The molecule has 9 heteroatoms. The second-order valence-corrected chi connectivity index (χ2v) is 10.5. The fourth-order valence-electron chi connectivity index (χ4n) is 5.90. The first kappa shape index (κ1) is 22.9. The maximum atomic E-state index is 14.6. The van der Waals surface area contributed by atoms with Gasteiger partial charge in [-0.05, 0) is 26.0 Å². The highest BCUT2D eigenvalue weighted by molar-refractivity contribution is 9.10. The Bertz CT molecular complexity index is 1350. The summed E-state index contributed by atoms with van der Waals surface area (Å²) in [5, 5.41) is 3.86. The van der Waals surface area contributed by atoms with E-state index in [1.165, 1.54) is 0 Å². The molecule has 6 rings (SSSR count). The number of hydrogen-bond acceptors (Lipinski definition) is 6. The third-order valence-corrected chi connectivity index (χ3v) is 7.86. The predicted octanol–water partition coefficient (Wildman–Crippen LogP) is 3.44. The van der Waals surface area contributed by atoms with Crippen LogP contribution in [0.1, 0.15) is 29.8 Å². The fourth-order valence-corrected chi connectivity index (χ4v) is 6.36. The minimum Gasteiger partial charge on any atom is -0.382 e. The van der Waals surface area contributed by atoms with Crippen molar-refractivity contribution < 1.29 is 28.5 Å². The molecule has 4 heterocycles. The molecule has 1 spiro atoms. The lowest BCUT2D eigenvalue weighted by atomic mass is 9.75. The monoisotopic (exact) mass is 540 g/mol. The van der Waals surface area contributed by atoms with Crippen LogP contribution in [0, 0.1) is 0 Å². The number of carbonyl (C=O) groups is 2. The van der Waals surface area contributed by atoms with Gasteiger partial charge in [0.05, 0.1) is 6.61 Å². The standard InChI is InChI=1S/C26H25BrN2O6/c1-24(2)34-21-19(13-32-3)33-22-25(29-23(31)26(21,22)35-24,20(30)15-9-4-6-10-17(15)27)16-12-28-18-11-7-5-8-14(16)18/h4-12,19,21-22,28H,13H2,1-3H3,(H,29,31)/t19-,21-,22+,25-,26-/m0/s1. The Morgan fingerprint density at radius 3 is 2.66 bits per heavy atom. The number of aromatic amines is 1. The Labute approximate surface area is 210 Å². The van der Waals surface area contributed by atoms with Crippen LogP contribution in [0.15, 0.2) is 59.2 Å². The number of benzene rings is 2. The van der Waals surface area contributed by atoms with Gasteiger partial charge in [-0.1, -0.05) is 52.3 Å². The van der Waals surface area contributed by atoms with Gasteiger partial charge in [0.15, 0.2) is 17.1 Å². The lowest BCUT2D eigenvalue weighted by molar-refractivity contribution is -0.207. The minimum atomic E-state index is -1.58. The van der Waals surface area contributed by atoms with Crippen LogP contribution < -0.4 is 5.32 Å². The number of ether oxygens (including phenoxy) is 4. The molecular weight excluding hydrogens is 516 g/mol. The Kier molecular flexibility index (Phi) is 5.04. The van der Waals surface area contributed by atoms with Crippen molar-refractivity contribution in [3.8, 4) is 0 Å². The van der Waals surface area contributed by atoms with Crippen LogP contribution in [-0.2, 0) is 29.3 Å². The zero-order chi connectivity index (χ0) is 24.6. The fraction of sp³-hybridized carbons (Fsp3) is 0.385. The van der Waals surface area contributed by atoms with Crippen LogP contribution in [0.5, 0.6) is 0 Å². The van der Waals surface area contributed by atoms with E-state index in [4.69, 9.17) is 18.9 Å². The average molecular weight is 541 g/mol. The number of halogens is 1. The highest BCUT2D eigenvalue weighted by Gasteiger charge is 2.80. The van der Waals surface area contributed by atoms with E-state index in [2.05, 4.69) is 26.2 Å². The number of nitrogens with one attached hydrogen (secondary N) is 2. The third kappa shape index (κ3) is 2.99. The van der Waals surface area contributed by atoms with Crippen LogP contribution in [0.3, 0.4) is 0 Å². The van der Waals surface area contributed by atoms with Gasteiger partial charge in [0.25, 0.3) is 5.91 Å². The van der Waals surface area contributed by atoms with Crippen molar-refractivity contribution >= 4 is 38.5 Å². The molecule has 3 aliphatic rings. The molecule has 0 aliphatic carbocycles. The molecule has 0 saturated carbocycles. The number of ketones is 1. The summed E-state index contributed by atoms with van der Waals surface area (Å²) in [6.07, 6.45) is -0.592. The molecule has 2 N–H and O–H groups in total. The number of carbonyl (C=O) groups excluding carboxylic acids is 2. The molecule has 1 aromatic heterocycles. The third-order valence-electron chi connectivity index (χ3n) is 7.17. The summed E-state index contributed by atoms with van der Waals surface area (Å²) in [7, 11) is 1.56. The smallest absolute Gasteiger partial charge is 0.259 e. The number of fused-ring (bicyclic) bond motifs is 1. The predicted molar refractivity (Wildman–Crippen MR) is 130 cm³/mol. The molecule has 2 aromatic carbocycles. The van der Waals surface area contributed by atoms with Gasteiger partial charge in [-0.3, -0.25) is 9.59 Å². The maximum absolute atomic E-state index is 14.6.